The number of hydrogen-bond donors (Lipinski definition) is 1. The van der Waals surface area contributed by atoms with Crippen molar-refractivity contribution in [3.8, 4) is 11.5 Å². The lowest BCUT2D eigenvalue weighted by atomic mass is 10.2. The average molecular weight is 368 g/mol. The molecule has 2 amide bonds. The van der Waals surface area contributed by atoms with Crippen LogP contribution in [0.5, 0.6) is 11.5 Å². The zero-order chi connectivity index (χ0) is 18.1. The number of thioether (sulfide) groups is 1. The minimum Gasteiger partial charge on any atom is -0.454 e. The summed E-state index contributed by atoms with van der Waals surface area (Å²) in [6.07, 6.45) is 1.70. The van der Waals surface area contributed by atoms with Crippen LogP contribution in [-0.4, -0.2) is 29.5 Å². The molecule has 2 heterocycles. The van der Waals surface area contributed by atoms with Crippen LogP contribution in [0.25, 0.3) is 6.08 Å². The number of nitrogens with zero attached hydrogens (tertiary/aromatic N) is 1. The van der Waals surface area contributed by atoms with Gasteiger partial charge in [-0.3, -0.25) is 14.5 Å². The largest absolute Gasteiger partial charge is 0.454 e. The summed E-state index contributed by atoms with van der Waals surface area (Å²) in [7, 11) is 0. The summed E-state index contributed by atoms with van der Waals surface area (Å²) >= 11 is 0.936. The van der Waals surface area contributed by atoms with E-state index in [4.69, 9.17) is 9.47 Å². The highest BCUT2D eigenvalue weighted by atomic mass is 32.2. The number of para-hydroxylation sites is 1. The Bertz CT molecular complexity index is 926. The zero-order valence-corrected chi connectivity index (χ0v) is 14.8. The van der Waals surface area contributed by atoms with E-state index in [-0.39, 0.29) is 24.6 Å². The van der Waals surface area contributed by atoms with Gasteiger partial charge >= 0.3 is 0 Å². The van der Waals surface area contributed by atoms with Crippen molar-refractivity contribution >= 4 is 34.7 Å². The van der Waals surface area contributed by atoms with Gasteiger partial charge in [-0.15, -0.1) is 0 Å². The second-order valence-electron chi connectivity index (χ2n) is 5.87. The standard InChI is InChI=1S/C19H16N2O4S/c1-12-4-2-3-5-14(12)20-10-21-18(22)17(26-19(21)23)9-13-6-7-15-16(8-13)25-11-24-15/h2-9,20H,10-11H2,1H3/b17-9+. The van der Waals surface area contributed by atoms with Gasteiger partial charge in [-0.25, -0.2) is 0 Å². The molecule has 0 aromatic heterocycles. The van der Waals surface area contributed by atoms with Gasteiger partial charge in [0.1, 0.15) is 0 Å². The normalized spacial score (nSPS) is 17.3. The average Bonchev–Trinajstić information content (AvgIpc) is 3.19. The maximum absolute atomic E-state index is 12.6. The number of anilines is 1. The molecular formula is C19H16N2O4S. The predicted molar refractivity (Wildman–Crippen MR) is 100 cm³/mol. The first-order valence-electron chi connectivity index (χ1n) is 8.06. The van der Waals surface area contributed by atoms with Crippen molar-refractivity contribution in [2.24, 2.45) is 0 Å². The molecule has 7 heteroatoms. The number of benzene rings is 2. The number of fused-ring (bicyclic) bond motifs is 1. The van der Waals surface area contributed by atoms with Gasteiger partial charge in [0.15, 0.2) is 11.5 Å². The summed E-state index contributed by atoms with van der Waals surface area (Å²) in [6.45, 7) is 2.30. The zero-order valence-electron chi connectivity index (χ0n) is 14.0. The number of amides is 2. The SMILES string of the molecule is Cc1ccccc1NCN1C(=O)S/C(=C/c2ccc3c(c2)OCO3)C1=O. The summed E-state index contributed by atoms with van der Waals surface area (Å²) in [5, 5.41) is 2.85. The lowest BCUT2D eigenvalue weighted by molar-refractivity contribution is -0.122. The first-order chi connectivity index (χ1) is 12.6. The Hall–Kier alpha value is -2.93. The molecule has 0 unspecified atom stereocenters. The quantitative estimate of drug-likeness (QED) is 0.828. The first-order valence-corrected chi connectivity index (χ1v) is 8.88. The van der Waals surface area contributed by atoms with Gasteiger partial charge in [0.05, 0.1) is 11.6 Å². The molecule has 1 saturated heterocycles. The van der Waals surface area contributed by atoms with Crippen LogP contribution in [0.2, 0.25) is 0 Å². The molecule has 2 aromatic rings. The van der Waals surface area contributed by atoms with E-state index in [9.17, 15) is 9.59 Å². The second-order valence-corrected chi connectivity index (χ2v) is 6.87. The smallest absolute Gasteiger partial charge is 0.295 e. The molecule has 6 nitrogen and oxygen atoms in total. The van der Waals surface area contributed by atoms with E-state index in [0.717, 1.165) is 28.6 Å². The number of nitrogens with one attached hydrogen (secondary N) is 1. The van der Waals surface area contributed by atoms with Crippen LogP contribution < -0.4 is 14.8 Å². The minimum atomic E-state index is -0.307. The molecule has 0 spiro atoms. The van der Waals surface area contributed by atoms with Crippen LogP contribution in [-0.2, 0) is 4.79 Å². The van der Waals surface area contributed by atoms with E-state index < -0.39 is 0 Å². The molecular weight excluding hydrogens is 352 g/mol. The molecule has 26 heavy (non-hydrogen) atoms. The lowest BCUT2D eigenvalue weighted by Crippen LogP contribution is -2.33. The van der Waals surface area contributed by atoms with Gasteiger partial charge in [-0.05, 0) is 54.1 Å². The van der Waals surface area contributed by atoms with Gasteiger partial charge in [0.2, 0.25) is 6.79 Å². The molecule has 2 aromatic carbocycles. The van der Waals surface area contributed by atoms with Crippen molar-refractivity contribution in [3.05, 3.63) is 58.5 Å². The van der Waals surface area contributed by atoms with Crippen molar-refractivity contribution in [2.75, 3.05) is 18.8 Å². The molecule has 0 saturated carbocycles. The monoisotopic (exact) mass is 368 g/mol. The minimum absolute atomic E-state index is 0.133. The topological polar surface area (TPSA) is 67.9 Å². The Balaban J connectivity index is 1.49. The Labute approximate surface area is 154 Å². The molecule has 1 N–H and O–H groups in total. The van der Waals surface area contributed by atoms with Crippen molar-refractivity contribution in [1.82, 2.24) is 4.90 Å². The molecule has 1 fully saturated rings. The number of carbonyl (C=O) groups excluding carboxylic acids is 2. The van der Waals surface area contributed by atoms with E-state index >= 15 is 0 Å². The highest BCUT2D eigenvalue weighted by Crippen LogP contribution is 2.36. The van der Waals surface area contributed by atoms with Crippen LogP contribution in [0, 0.1) is 6.92 Å². The molecule has 2 aliphatic heterocycles. The Morgan fingerprint density at radius 3 is 2.81 bits per heavy atom. The maximum atomic E-state index is 12.6. The summed E-state index contributed by atoms with van der Waals surface area (Å²) in [4.78, 5) is 26.4. The summed E-state index contributed by atoms with van der Waals surface area (Å²) in [5.41, 5.74) is 2.73. The van der Waals surface area contributed by atoms with E-state index in [1.165, 1.54) is 4.90 Å². The van der Waals surface area contributed by atoms with Crippen molar-refractivity contribution in [2.45, 2.75) is 6.92 Å². The van der Waals surface area contributed by atoms with Gasteiger partial charge < -0.3 is 14.8 Å². The third-order valence-corrected chi connectivity index (χ3v) is 5.05. The van der Waals surface area contributed by atoms with Gasteiger partial charge in [0.25, 0.3) is 11.1 Å². The van der Waals surface area contributed by atoms with Gasteiger partial charge in [-0.1, -0.05) is 24.3 Å². The second kappa shape index (κ2) is 6.76. The maximum Gasteiger partial charge on any atom is 0.295 e. The summed E-state index contributed by atoms with van der Waals surface area (Å²) < 4.78 is 10.6. The number of ether oxygens (including phenoxy) is 2. The Morgan fingerprint density at radius 1 is 1.15 bits per heavy atom. The number of hydrogen-bond acceptors (Lipinski definition) is 6. The molecule has 0 atom stereocenters. The van der Waals surface area contributed by atoms with Crippen LogP contribution >= 0.6 is 11.8 Å². The third kappa shape index (κ3) is 3.13. The van der Waals surface area contributed by atoms with E-state index in [2.05, 4.69) is 5.32 Å². The lowest BCUT2D eigenvalue weighted by Gasteiger charge is -2.15. The number of imide groups is 1. The first kappa shape index (κ1) is 16.5. The molecule has 0 bridgehead atoms. The number of aryl methyl sites for hydroxylation is 1. The van der Waals surface area contributed by atoms with Gasteiger partial charge in [-0.2, -0.15) is 0 Å². The number of carbonyl (C=O) groups is 2. The predicted octanol–water partition coefficient (Wildman–Crippen LogP) is 3.83. The molecule has 0 aliphatic carbocycles. The van der Waals surface area contributed by atoms with Crippen LogP contribution in [0.3, 0.4) is 0 Å². The van der Waals surface area contributed by atoms with Crippen molar-refractivity contribution in [1.29, 1.82) is 0 Å². The van der Waals surface area contributed by atoms with Crippen LogP contribution in [0.4, 0.5) is 10.5 Å². The molecule has 0 radical (unpaired) electrons. The fraction of sp³-hybridized carbons (Fsp3) is 0.158. The molecule has 2 aliphatic rings. The Morgan fingerprint density at radius 2 is 1.96 bits per heavy atom. The van der Waals surface area contributed by atoms with E-state index in [1.54, 1.807) is 18.2 Å². The number of rotatable bonds is 4. The van der Waals surface area contributed by atoms with E-state index in [0.29, 0.717) is 16.4 Å². The van der Waals surface area contributed by atoms with Gasteiger partial charge in [0, 0.05) is 5.69 Å². The van der Waals surface area contributed by atoms with Crippen molar-refractivity contribution < 1.29 is 19.1 Å². The molecule has 4 rings (SSSR count). The fourth-order valence-electron chi connectivity index (χ4n) is 2.73. The Kier molecular flexibility index (Phi) is 4.30. The van der Waals surface area contributed by atoms with Crippen molar-refractivity contribution in [3.63, 3.8) is 0 Å². The van der Waals surface area contributed by atoms with Crippen LogP contribution in [0.1, 0.15) is 11.1 Å². The van der Waals surface area contributed by atoms with Crippen LogP contribution in [0.15, 0.2) is 47.4 Å². The molecule has 132 valence electrons. The summed E-state index contributed by atoms with van der Waals surface area (Å²) in [6, 6.07) is 13.1. The highest BCUT2D eigenvalue weighted by molar-refractivity contribution is 8.18. The van der Waals surface area contributed by atoms with E-state index in [1.807, 2.05) is 37.3 Å². The summed E-state index contributed by atoms with van der Waals surface area (Å²) in [5.74, 6) is 1.01. The highest BCUT2D eigenvalue weighted by Gasteiger charge is 2.35. The third-order valence-electron chi connectivity index (χ3n) is 4.14. The fourth-order valence-corrected chi connectivity index (χ4v) is 3.56.